The van der Waals surface area contributed by atoms with Crippen molar-refractivity contribution in [2.75, 3.05) is 13.7 Å². The predicted molar refractivity (Wildman–Crippen MR) is 104 cm³/mol. The lowest BCUT2D eigenvalue weighted by molar-refractivity contribution is -0.142. The van der Waals surface area contributed by atoms with Crippen LogP contribution in [0.15, 0.2) is 78.0 Å². The van der Waals surface area contributed by atoms with E-state index in [9.17, 15) is 4.79 Å². The number of carbonyl (C=O) groups excluding carboxylic acids is 1. The smallest absolute Gasteiger partial charge is 0.323 e. The lowest BCUT2D eigenvalue weighted by Gasteiger charge is -2.18. The van der Waals surface area contributed by atoms with Crippen LogP contribution in [0.3, 0.4) is 0 Å². The molecule has 0 spiro atoms. The van der Waals surface area contributed by atoms with E-state index in [-0.39, 0.29) is 5.97 Å². The van der Waals surface area contributed by atoms with Gasteiger partial charge in [-0.1, -0.05) is 24.3 Å². The fourth-order valence-corrected chi connectivity index (χ4v) is 3.80. The van der Waals surface area contributed by atoms with Crippen LogP contribution in [-0.4, -0.2) is 24.3 Å². The number of rotatable bonds is 7. The third kappa shape index (κ3) is 4.11. The van der Waals surface area contributed by atoms with E-state index < -0.39 is 5.25 Å². The second-order valence-electron chi connectivity index (χ2n) is 5.58. The molecule has 0 aliphatic carbocycles. The van der Waals surface area contributed by atoms with Crippen LogP contribution in [0.2, 0.25) is 0 Å². The third-order valence-electron chi connectivity index (χ3n) is 3.91. The number of hydrogen-bond donors (Lipinski definition) is 0. The van der Waals surface area contributed by atoms with Crippen LogP contribution in [0.5, 0.6) is 5.75 Å². The number of thioether (sulfide) groups is 1. The van der Waals surface area contributed by atoms with Crippen molar-refractivity contribution in [2.45, 2.75) is 17.1 Å². The zero-order chi connectivity index (χ0) is 18.4. The molecule has 1 atom stereocenters. The van der Waals surface area contributed by atoms with E-state index in [0.29, 0.717) is 6.61 Å². The summed E-state index contributed by atoms with van der Waals surface area (Å²) in [6.45, 7) is 2.17. The molecule has 5 heteroatoms. The van der Waals surface area contributed by atoms with Gasteiger partial charge in [0.25, 0.3) is 0 Å². The highest BCUT2D eigenvalue weighted by atomic mass is 32.2. The van der Waals surface area contributed by atoms with Gasteiger partial charge in [0.05, 0.1) is 19.4 Å². The van der Waals surface area contributed by atoms with Crippen molar-refractivity contribution in [1.29, 1.82) is 0 Å². The number of hydrogen-bond acceptors (Lipinski definition) is 4. The maximum absolute atomic E-state index is 12.6. The fraction of sp³-hybridized carbons (Fsp3) is 0.190. The van der Waals surface area contributed by atoms with Gasteiger partial charge in [-0.2, -0.15) is 0 Å². The second kappa shape index (κ2) is 8.63. The van der Waals surface area contributed by atoms with Crippen LogP contribution in [-0.2, 0) is 9.53 Å². The van der Waals surface area contributed by atoms with Crippen LogP contribution in [0.4, 0.5) is 0 Å². The van der Waals surface area contributed by atoms with Crippen LogP contribution in [0.25, 0.3) is 5.69 Å². The molecule has 0 amide bonds. The number of aromatic nitrogens is 1. The Morgan fingerprint density at radius 2 is 1.73 bits per heavy atom. The third-order valence-corrected chi connectivity index (χ3v) is 5.21. The molecule has 134 valence electrons. The average Bonchev–Trinajstić information content (AvgIpc) is 3.21. The van der Waals surface area contributed by atoms with Gasteiger partial charge in [0.15, 0.2) is 0 Å². The first-order valence-corrected chi connectivity index (χ1v) is 9.30. The zero-order valence-electron chi connectivity index (χ0n) is 14.8. The number of carbonyl (C=O) groups is 1. The quantitative estimate of drug-likeness (QED) is 0.441. The summed E-state index contributed by atoms with van der Waals surface area (Å²) in [5, 5.41) is -0.447. The summed E-state index contributed by atoms with van der Waals surface area (Å²) in [6.07, 6.45) is 3.98. The molecule has 1 heterocycles. The monoisotopic (exact) mass is 367 g/mol. The van der Waals surface area contributed by atoms with Crippen molar-refractivity contribution in [3.8, 4) is 11.4 Å². The molecule has 3 aromatic rings. The Bertz CT molecular complexity index is 844. The van der Waals surface area contributed by atoms with Crippen molar-refractivity contribution < 1.29 is 14.3 Å². The van der Waals surface area contributed by atoms with Crippen LogP contribution < -0.4 is 4.74 Å². The normalized spacial score (nSPS) is 11.8. The van der Waals surface area contributed by atoms with Gasteiger partial charge in [-0.05, 0) is 48.9 Å². The van der Waals surface area contributed by atoms with Crippen molar-refractivity contribution in [3.63, 3.8) is 0 Å². The molecule has 0 N–H and O–H groups in total. The minimum atomic E-state index is -0.447. The van der Waals surface area contributed by atoms with E-state index >= 15 is 0 Å². The summed E-state index contributed by atoms with van der Waals surface area (Å²) < 4.78 is 12.6. The summed E-state index contributed by atoms with van der Waals surface area (Å²) in [7, 11) is 1.62. The number of ether oxygens (including phenoxy) is 2. The molecule has 1 aromatic heterocycles. The van der Waals surface area contributed by atoms with E-state index in [1.54, 1.807) is 7.11 Å². The average molecular weight is 367 g/mol. The molecule has 26 heavy (non-hydrogen) atoms. The van der Waals surface area contributed by atoms with Gasteiger partial charge in [-0.15, -0.1) is 11.8 Å². The summed E-state index contributed by atoms with van der Waals surface area (Å²) in [5.74, 6) is 0.513. The molecule has 4 nitrogen and oxygen atoms in total. The minimum absolute atomic E-state index is 0.245. The first-order chi connectivity index (χ1) is 12.7. The van der Waals surface area contributed by atoms with Gasteiger partial charge < -0.3 is 14.0 Å². The molecule has 0 aliphatic heterocycles. The summed E-state index contributed by atoms with van der Waals surface area (Å²) >= 11 is 1.49. The molecular formula is C21H21NO3S. The van der Waals surface area contributed by atoms with Crippen LogP contribution in [0, 0.1) is 0 Å². The maximum Gasteiger partial charge on any atom is 0.323 e. The lowest BCUT2D eigenvalue weighted by Crippen LogP contribution is -2.13. The molecule has 0 radical (unpaired) electrons. The van der Waals surface area contributed by atoms with Crippen molar-refractivity contribution >= 4 is 17.7 Å². The van der Waals surface area contributed by atoms with Gasteiger partial charge in [-0.25, -0.2) is 0 Å². The van der Waals surface area contributed by atoms with Gasteiger partial charge in [0, 0.05) is 17.3 Å². The van der Waals surface area contributed by atoms with E-state index in [1.807, 2.05) is 84.5 Å². The standard InChI is InChI=1S/C21H21NO3S/c1-3-25-21(23)20(16-10-12-17(24-2)13-11-16)26-19-9-5-4-8-18(19)22-14-6-7-15-22/h4-15,20H,3H2,1-2H3. The Labute approximate surface area is 157 Å². The van der Waals surface area contributed by atoms with Crippen molar-refractivity contribution in [2.24, 2.45) is 0 Å². The summed E-state index contributed by atoms with van der Waals surface area (Å²) in [6, 6.07) is 19.5. The number of methoxy groups -OCH3 is 1. The molecule has 0 bridgehead atoms. The minimum Gasteiger partial charge on any atom is -0.497 e. The fourth-order valence-electron chi connectivity index (χ4n) is 2.64. The molecule has 0 saturated carbocycles. The lowest BCUT2D eigenvalue weighted by atomic mass is 10.1. The molecular weight excluding hydrogens is 346 g/mol. The van der Waals surface area contributed by atoms with Crippen molar-refractivity contribution in [1.82, 2.24) is 4.57 Å². The van der Waals surface area contributed by atoms with Gasteiger partial charge in [0.1, 0.15) is 11.0 Å². The zero-order valence-corrected chi connectivity index (χ0v) is 15.6. The Kier molecular flexibility index (Phi) is 6.02. The predicted octanol–water partition coefficient (Wildman–Crippen LogP) is 4.88. The highest BCUT2D eigenvalue weighted by Crippen LogP contribution is 2.39. The molecule has 0 fully saturated rings. The highest BCUT2D eigenvalue weighted by molar-refractivity contribution is 8.00. The topological polar surface area (TPSA) is 40.5 Å². The summed E-state index contributed by atoms with van der Waals surface area (Å²) in [5.41, 5.74) is 1.92. The molecule has 1 unspecified atom stereocenters. The Morgan fingerprint density at radius 3 is 2.38 bits per heavy atom. The Hall–Kier alpha value is -2.66. The number of nitrogens with zero attached hydrogens (tertiary/aromatic N) is 1. The van der Waals surface area contributed by atoms with Crippen LogP contribution >= 0.6 is 11.8 Å². The largest absolute Gasteiger partial charge is 0.497 e. The number of esters is 1. The van der Waals surface area contributed by atoms with E-state index in [4.69, 9.17) is 9.47 Å². The molecule has 0 aliphatic rings. The maximum atomic E-state index is 12.6. The van der Waals surface area contributed by atoms with Gasteiger partial charge in [-0.3, -0.25) is 4.79 Å². The Morgan fingerprint density at radius 1 is 1.04 bits per heavy atom. The van der Waals surface area contributed by atoms with Gasteiger partial charge in [0.2, 0.25) is 0 Å². The SMILES string of the molecule is CCOC(=O)C(Sc1ccccc1-n1cccc1)c1ccc(OC)cc1. The van der Waals surface area contributed by atoms with Gasteiger partial charge >= 0.3 is 5.97 Å². The first-order valence-electron chi connectivity index (χ1n) is 8.42. The Balaban J connectivity index is 1.95. The summed E-state index contributed by atoms with van der Waals surface area (Å²) in [4.78, 5) is 13.6. The van der Waals surface area contributed by atoms with E-state index in [1.165, 1.54) is 11.8 Å². The first kappa shape index (κ1) is 18.1. The molecule has 0 saturated heterocycles. The van der Waals surface area contributed by atoms with E-state index in [2.05, 4.69) is 0 Å². The van der Waals surface area contributed by atoms with E-state index in [0.717, 1.165) is 21.9 Å². The molecule has 3 rings (SSSR count). The molecule has 2 aromatic carbocycles. The number of para-hydroxylation sites is 1. The second-order valence-corrected chi connectivity index (χ2v) is 6.73. The number of benzene rings is 2. The van der Waals surface area contributed by atoms with Crippen molar-refractivity contribution in [3.05, 3.63) is 78.6 Å². The highest BCUT2D eigenvalue weighted by Gasteiger charge is 2.24. The van der Waals surface area contributed by atoms with Crippen LogP contribution in [0.1, 0.15) is 17.7 Å².